The molecule has 1 N–H and O–H groups in total. The lowest BCUT2D eigenvalue weighted by molar-refractivity contribution is 0.199. The van der Waals surface area contributed by atoms with Crippen LogP contribution in [0.3, 0.4) is 0 Å². The summed E-state index contributed by atoms with van der Waals surface area (Å²) in [4.78, 5) is 1.14. The summed E-state index contributed by atoms with van der Waals surface area (Å²) in [6, 6.07) is 2.03. The Kier molecular flexibility index (Phi) is 5.05. The van der Waals surface area contributed by atoms with E-state index in [4.69, 9.17) is 4.74 Å². The van der Waals surface area contributed by atoms with Gasteiger partial charge < -0.3 is 10.1 Å². The van der Waals surface area contributed by atoms with Gasteiger partial charge in [0.25, 0.3) is 0 Å². The van der Waals surface area contributed by atoms with Gasteiger partial charge in [-0.3, -0.25) is 0 Å². The van der Waals surface area contributed by atoms with E-state index in [0.717, 1.165) is 32.5 Å². The van der Waals surface area contributed by atoms with Crippen LogP contribution in [0.1, 0.15) is 5.01 Å². The van der Waals surface area contributed by atoms with Crippen molar-refractivity contribution in [2.45, 2.75) is 6.54 Å². The zero-order valence-corrected chi connectivity index (χ0v) is 12.5. The second-order valence-corrected chi connectivity index (χ2v) is 6.10. The summed E-state index contributed by atoms with van der Waals surface area (Å²) in [5.74, 6) is 0. The van der Waals surface area contributed by atoms with Crippen LogP contribution in [0.5, 0.6) is 0 Å². The van der Waals surface area contributed by atoms with Crippen molar-refractivity contribution in [2.24, 2.45) is 0 Å². The molecule has 2 aromatic rings. The zero-order chi connectivity index (χ0) is 12.1. The smallest absolute Gasteiger partial charge is 0.159 e. The molecule has 0 radical (unpaired) electrons. The highest BCUT2D eigenvalue weighted by molar-refractivity contribution is 9.10. The normalized spacial score (nSPS) is 10.9. The third kappa shape index (κ3) is 3.56. The fraction of sp³-hybridized carbons (Fsp3) is 0.400. The summed E-state index contributed by atoms with van der Waals surface area (Å²) < 4.78 is 6.04. The molecule has 7 heteroatoms. The molecule has 0 saturated heterocycles. The van der Waals surface area contributed by atoms with E-state index < -0.39 is 0 Å². The van der Waals surface area contributed by atoms with Crippen molar-refractivity contribution in [3.05, 3.63) is 20.9 Å². The van der Waals surface area contributed by atoms with Gasteiger partial charge in [0.15, 0.2) is 5.01 Å². The van der Waals surface area contributed by atoms with Crippen molar-refractivity contribution in [1.29, 1.82) is 0 Å². The molecule has 0 atom stereocenters. The highest BCUT2D eigenvalue weighted by atomic mass is 79.9. The molecule has 2 rings (SSSR count). The molecule has 0 spiro atoms. The second kappa shape index (κ2) is 6.55. The number of hydrogen-bond acceptors (Lipinski definition) is 6. The zero-order valence-electron chi connectivity index (χ0n) is 9.27. The number of nitrogens with zero attached hydrogens (tertiary/aromatic N) is 2. The number of rotatable bonds is 6. The van der Waals surface area contributed by atoms with Crippen molar-refractivity contribution < 1.29 is 4.74 Å². The summed E-state index contributed by atoms with van der Waals surface area (Å²) in [6.07, 6.45) is 0. The Bertz CT molecular complexity index is 472. The van der Waals surface area contributed by atoms with E-state index in [0.29, 0.717) is 6.61 Å². The number of hydrogen-bond donors (Lipinski definition) is 1. The van der Waals surface area contributed by atoms with Gasteiger partial charge >= 0.3 is 0 Å². The predicted molar refractivity (Wildman–Crippen MR) is 74.5 cm³/mol. The summed E-state index contributed by atoms with van der Waals surface area (Å²) in [5.41, 5.74) is 0. The van der Waals surface area contributed by atoms with Crippen LogP contribution >= 0.6 is 38.6 Å². The number of methoxy groups -OCH3 is 1. The predicted octanol–water partition coefficient (Wildman–Crippen LogP) is 2.77. The molecular weight excluding hydrogens is 322 g/mol. The van der Waals surface area contributed by atoms with E-state index >= 15 is 0 Å². The van der Waals surface area contributed by atoms with Crippen molar-refractivity contribution in [3.8, 4) is 9.88 Å². The first-order valence-corrected chi connectivity index (χ1v) is 7.55. The van der Waals surface area contributed by atoms with Gasteiger partial charge in [0.05, 0.1) is 11.5 Å². The minimum absolute atomic E-state index is 0.710. The monoisotopic (exact) mass is 333 g/mol. The van der Waals surface area contributed by atoms with Gasteiger partial charge in [-0.15, -0.1) is 21.5 Å². The quantitative estimate of drug-likeness (QED) is 0.826. The number of halogens is 1. The van der Waals surface area contributed by atoms with Gasteiger partial charge in [-0.05, 0) is 27.4 Å². The molecule has 0 aromatic carbocycles. The van der Waals surface area contributed by atoms with Gasteiger partial charge in [0, 0.05) is 24.7 Å². The van der Waals surface area contributed by atoms with E-state index in [1.54, 1.807) is 29.8 Å². The molecule has 0 aliphatic rings. The van der Waals surface area contributed by atoms with Crippen LogP contribution in [0.2, 0.25) is 0 Å². The van der Waals surface area contributed by atoms with Crippen LogP contribution in [0.4, 0.5) is 0 Å². The van der Waals surface area contributed by atoms with E-state index in [1.807, 2.05) is 11.4 Å². The van der Waals surface area contributed by atoms with Gasteiger partial charge in [-0.25, -0.2) is 0 Å². The van der Waals surface area contributed by atoms with E-state index in [1.165, 1.54) is 0 Å². The fourth-order valence-corrected chi connectivity index (χ4v) is 3.83. The summed E-state index contributed by atoms with van der Waals surface area (Å²) in [7, 11) is 1.69. The topological polar surface area (TPSA) is 47.0 Å². The SMILES string of the molecule is COCCNCc1nnc(-c2sccc2Br)s1. The minimum Gasteiger partial charge on any atom is -0.383 e. The molecule has 17 heavy (non-hydrogen) atoms. The molecule has 0 aliphatic heterocycles. The standard InChI is InChI=1S/C10H12BrN3OS2/c1-15-4-3-12-6-8-13-14-10(17-8)9-7(11)2-5-16-9/h2,5,12H,3-4,6H2,1H3. The maximum absolute atomic E-state index is 4.96. The Morgan fingerprint density at radius 1 is 1.47 bits per heavy atom. The third-order valence-electron chi connectivity index (χ3n) is 2.04. The van der Waals surface area contributed by atoms with Gasteiger partial charge in [0.1, 0.15) is 5.01 Å². The molecular formula is C10H12BrN3OS2. The molecule has 0 saturated carbocycles. The Hall–Kier alpha value is -0.340. The maximum Gasteiger partial charge on any atom is 0.159 e. The Morgan fingerprint density at radius 3 is 3.06 bits per heavy atom. The molecule has 2 aromatic heterocycles. The number of thiophene rings is 1. The summed E-state index contributed by atoms with van der Waals surface area (Å²) in [6.45, 7) is 2.28. The lowest BCUT2D eigenvalue weighted by Gasteiger charge is -1.99. The van der Waals surface area contributed by atoms with Crippen molar-refractivity contribution >= 4 is 38.6 Å². The van der Waals surface area contributed by atoms with Crippen LogP contribution < -0.4 is 5.32 Å². The second-order valence-electron chi connectivity index (χ2n) is 3.27. The minimum atomic E-state index is 0.710. The van der Waals surface area contributed by atoms with Gasteiger partial charge in [0.2, 0.25) is 0 Å². The molecule has 0 amide bonds. The average molecular weight is 334 g/mol. The Balaban J connectivity index is 1.95. The Morgan fingerprint density at radius 2 is 2.35 bits per heavy atom. The van der Waals surface area contributed by atoms with Crippen molar-refractivity contribution in [3.63, 3.8) is 0 Å². The van der Waals surface area contributed by atoms with Crippen LogP contribution in [0.15, 0.2) is 15.9 Å². The fourth-order valence-electron chi connectivity index (χ4n) is 1.23. The summed E-state index contributed by atoms with van der Waals surface area (Å²) in [5, 5.41) is 15.6. The first-order valence-electron chi connectivity index (χ1n) is 5.06. The molecule has 2 heterocycles. The molecule has 4 nitrogen and oxygen atoms in total. The molecule has 0 aliphatic carbocycles. The largest absolute Gasteiger partial charge is 0.383 e. The highest BCUT2D eigenvalue weighted by Gasteiger charge is 2.10. The van der Waals surface area contributed by atoms with Gasteiger partial charge in [-0.2, -0.15) is 0 Å². The lowest BCUT2D eigenvalue weighted by Crippen LogP contribution is -2.18. The molecule has 0 bridgehead atoms. The maximum atomic E-state index is 4.96. The number of nitrogens with one attached hydrogen (secondary N) is 1. The van der Waals surface area contributed by atoms with E-state index in [2.05, 4.69) is 31.4 Å². The lowest BCUT2D eigenvalue weighted by atomic mass is 10.5. The van der Waals surface area contributed by atoms with Crippen LogP contribution in [-0.2, 0) is 11.3 Å². The average Bonchev–Trinajstić information content (AvgIpc) is 2.93. The first kappa shape index (κ1) is 13.1. The van der Waals surface area contributed by atoms with E-state index in [-0.39, 0.29) is 0 Å². The number of aromatic nitrogens is 2. The van der Waals surface area contributed by atoms with Crippen LogP contribution in [0.25, 0.3) is 9.88 Å². The highest BCUT2D eigenvalue weighted by Crippen LogP contribution is 2.34. The molecule has 0 unspecified atom stereocenters. The van der Waals surface area contributed by atoms with Crippen LogP contribution in [0, 0.1) is 0 Å². The summed E-state index contributed by atoms with van der Waals surface area (Å²) >= 11 is 6.79. The molecule has 0 fully saturated rings. The van der Waals surface area contributed by atoms with Gasteiger partial charge in [-0.1, -0.05) is 11.3 Å². The number of ether oxygens (including phenoxy) is 1. The Labute approximate surface area is 116 Å². The molecule has 92 valence electrons. The first-order chi connectivity index (χ1) is 8.31. The third-order valence-corrected chi connectivity index (χ3v) is 4.95. The van der Waals surface area contributed by atoms with E-state index in [9.17, 15) is 0 Å². The van der Waals surface area contributed by atoms with Crippen molar-refractivity contribution in [1.82, 2.24) is 15.5 Å². The van der Waals surface area contributed by atoms with Crippen molar-refractivity contribution in [2.75, 3.05) is 20.3 Å². The van der Waals surface area contributed by atoms with Crippen LogP contribution in [-0.4, -0.2) is 30.5 Å².